The predicted octanol–water partition coefficient (Wildman–Crippen LogP) is 4.87. The van der Waals surface area contributed by atoms with Gasteiger partial charge in [-0.3, -0.25) is 4.79 Å². The molecule has 0 saturated heterocycles. The van der Waals surface area contributed by atoms with E-state index < -0.39 is 5.24 Å². The lowest BCUT2D eigenvalue weighted by atomic mass is 9.93. The van der Waals surface area contributed by atoms with E-state index in [1.165, 1.54) is 0 Å². The number of terminal acetylenes is 1. The van der Waals surface area contributed by atoms with Crippen molar-refractivity contribution in [3.8, 4) is 23.5 Å². The maximum absolute atomic E-state index is 11.2. The van der Waals surface area contributed by atoms with E-state index in [-0.39, 0.29) is 0 Å². The maximum Gasteiger partial charge on any atom is 0.252 e. The van der Waals surface area contributed by atoms with Crippen LogP contribution in [0.2, 0.25) is 0 Å². The van der Waals surface area contributed by atoms with Gasteiger partial charge in [0.25, 0.3) is 5.24 Å². The second-order valence-electron chi connectivity index (χ2n) is 4.70. The number of fused-ring (bicyclic) bond motifs is 1. The molecule has 21 heavy (non-hydrogen) atoms. The molecule has 0 aliphatic carbocycles. The summed E-state index contributed by atoms with van der Waals surface area (Å²) < 4.78 is 0. The van der Waals surface area contributed by atoms with Crippen molar-refractivity contribution >= 4 is 27.6 Å². The van der Waals surface area contributed by atoms with Crippen LogP contribution in [-0.4, -0.2) is 5.24 Å². The zero-order chi connectivity index (χ0) is 14.8. The summed E-state index contributed by atoms with van der Waals surface area (Å²) in [6.45, 7) is 0. The van der Waals surface area contributed by atoms with Crippen LogP contribution in [0.25, 0.3) is 21.9 Å². The number of benzene rings is 3. The Labute approximate surface area is 128 Å². The molecule has 0 unspecified atom stereocenters. The van der Waals surface area contributed by atoms with E-state index in [0.29, 0.717) is 5.56 Å². The average molecular weight is 291 g/mol. The summed E-state index contributed by atoms with van der Waals surface area (Å²) in [7, 11) is 0. The largest absolute Gasteiger partial charge is 0.276 e. The minimum Gasteiger partial charge on any atom is -0.276 e. The third-order valence-corrected chi connectivity index (χ3v) is 3.70. The van der Waals surface area contributed by atoms with Gasteiger partial charge in [0.05, 0.1) is 0 Å². The Morgan fingerprint density at radius 1 is 0.952 bits per heavy atom. The van der Waals surface area contributed by atoms with Crippen molar-refractivity contribution in [2.24, 2.45) is 0 Å². The third kappa shape index (κ3) is 2.42. The Hall–Kier alpha value is -2.56. The van der Waals surface area contributed by atoms with Crippen molar-refractivity contribution in [1.29, 1.82) is 0 Å². The highest BCUT2D eigenvalue weighted by Crippen LogP contribution is 2.32. The summed E-state index contributed by atoms with van der Waals surface area (Å²) in [6.07, 6.45) is 5.63. The molecule has 0 amide bonds. The number of carbonyl (C=O) groups excluding carboxylic acids is 1. The van der Waals surface area contributed by atoms with Crippen molar-refractivity contribution in [3.05, 3.63) is 71.8 Å². The van der Waals surface area contributed by atoms with E-state index >= 15 is 0 Å². The van der Waals surface area contributed by atoms with Gasteiger partial charge in [-0.2, -0.15) is 0 Å². The van der Waals surface area contributed by atoms with Crippen molar-refractivity contribution in [1.82, 2.24) is 0 Å². The fourth-order valence-electron chi connectivity index (χ4n) is 2.47. The van der Waals surface area contributed by atoms with Gasteiger partial charge in [-0.05, 0) is 46.1 Å². The molecule has 0 N–H and O–H groups in total. The minimum absolute atomic E-state index is 0.461. The summed E-state index contributed by atoms with van der Waals surface area (Å²) in [5, 5.41) is 1.76. The Bertz CT molecular complexity index is 870. The Kier molecular flexibility index (Phi) is 3.48. The number of hydrogen-bond donors (Lipinski definition) is 0. The fraction of sp³-hybridized carbons (Fsp3) is 0. The second-order valence-corrected chi connectivity index (χ2v) is 5.05. The number of hydrogen-bond acceptors (Lipinski definition) is 1. The quantitative estimate of drug-likeness (QED) is 0.486. The molecule has 100 valence electrons. The van der Waals surface area contributed by atoms with Gasteiger partial charge >= 0.3 is 0 Å². The van der Waals surface area contributed by atoms with Crippen LogP contribution in [0.4, 0.5) is 0 Å². The van der Waals surface area contributed by atoms with E-state index in [1.54, 1.807) is 12.1 Å². The summed E-state index contributed by atoms with van der Waals surface area (Å²) in [5.41, 5.74) is 3.28. The molecule has 0 aliphatic rings. The van der Waals surface area contributed by atoms with Crippen LogP contribution in [0.5, 0.6) is 0 Å². The molecule has 3 aromatic carbocycles. The van der Waals surface area contributed by atoms with Crippen LogP contribution >= 0.6 is 11.6 Å². The summed E-state index contributed by atoms with van der Waals surface area (Å²) >= 11 is 5.48. The molecule has 3 aromatic rings. The van der Waals surface area contributed by atoms with Crippen LogP contribution in [0.1, 0.15) is 15.9 Å². The van der Waals surface area contributed by atoms with Gasteiger partial charge in [0.1, 0.15) is 0 Å². The first-order valence-corrected chi connectivity index (χ1v) is 6.87. The first kappa shape index (κ1) is 13.4. The zero-order valence-corrected chi connectivity index (χ0v) is 11.9. The monoisotopic (exact) mass is 290 g/mol. The van der Waals surface area contributed by atoms with Crippen LogP contribution in [0.15, 0.2) is 60.7 Å². The van der Waals surface area contributed by atoms with Gasteiger partial charge in [0.15, 0.2) is 0 Å². The average Bonchev–Trinajstić information content (AvgIpc) is 2.53. The molecule has 3 rings (SSSR count). The molecule has 0 radical (unpaired) electrons. The minimum atomic E-state index is -0.461. The number of halogens is 1. The lowest BCUT2D eigenvalue weighted by Gasteiger charge is -2.10. The topological polar surface area (TPSA) is 17.1 Å². The van der Waals surface area contributed by atoms with Crippen LogP contribution in [-0.2, 0) is 0 Å². The Morgan fingerprint density at radius 3 is 2.33 bits per heavy atom. The SMILES string of the molecule is C#Cc1ccc2ccccc2c1-c1ccc(C(=O)Cl)cc1. The van der Waals surface area contributed by atoms with E-state index in [2.05, 4.69) is 12.0 Å². The second kappa shape index (κ2) is 5.44. The van der Waals surface area contributed by atoms with Crippen LogP contribution in [0, 0.1) is 12.3 Å². The summed E-state index contributed by atoms with van der Waals surface area (Å²) in [5.74, 6) is 2.73. The smallest absolute Gasteiger partial charge is 0.252 e. The molecular formula is C19H11ClO. The maximum atomic E-state index is 11.2. The van der Waals surface area contributed by atoms with Crippen LogP contribution < -0.4 is 0 Å². The molecule has 0 atom stereocenters. The number of carbonyl (C=O) groups is 1. The highest BCUT2D eigenvalue weighted by molar-refractivity contribution is 6.67. The Morgan fingerprint density at radius 2 is 1.67 bits per heavy atom. The van der Waals surface area contributed by atoms with Gasteiger partial charge < -0.3 is 0 Å². The molecule has 1 nitrogen and oxygen atoms in total. The molecule has 0 saturated carbocycles. The molecule has 0 aromatic heterocycles. The first-order valence-electron chi connectivity index (χ1n) is 6.49. The molecule has 2 heteroatoms. The first-order chi connectivity index (χ1) is 10.2. The van der Waals surface area contributed by atoms with Crippen molar-refractivity contribution < 1.29 is 4.79 Å². The van der Waals surface area contributed by atoms with Crippen molar-refractivity contribution in [3.63, 3.8) is 0 Å². The molecule has 0 fully saturated rings. The van der Waals surface area contributed by atoms with Gasteiger partial charge in [0.2, 0.25) is 0 Å². The van der Waals surface area contributed by atoms with E-state index in [0.717, 1.165) is 27.5 Å². The lowest BCUT2D eigenvalue weighted by Crippen LogP contribution is -1.90. The summed E-state index contributed by atoms with van der Waals surface area (Å²) in [4.78, 5) is 11.2. The van der Waals surface area contributed by atoms with Gasteiger partial charge in [-0.1, -0.05) is 48.4 Å². The summed E-state index contributed by atoms with van der Waals surface area (Å²) in [6, 6.07) is 19.2. The molecular weight excluding hydrogens is 280 g/mol. The Balaban J connectivity index is 2.28. The molecule has 0 bridgehead atoms. The third-order valence-electron chi connectivity index (χ3n) is 3.49. The lowest BCUT2D eigenvalue weighted by molar-refractivity contribution is 0.108. The number of rotatable bonds is 2. The van der Waals surface area contributed by atoms with Crippen LogP contribution in [0.3, 0.4) is 0 Å². The van der Waals surface area contributed by atoms with Crippen molar-refractivity contribution in [2.45, 2.75) is 0 Å². The normalized spacial score (nSPS) is 10.3. The van der Waals surface area contributed by atoms with E-state index in [9.17, 15) is 4.79 Å². The highest BCUT2D eigenvalue weighted by atomic mass is 35.5. The van der Waals surface area contributed by atoms with E-state index in [4.69, 9.17) is 18.0 Å². The zero-order valence-electron chi connectivity index (χ0n) is 11.1. The fourth-order valence-corrected chi connectivity index (χ4v) is 2.60. The molecule has 0 heterocycles. The van der Waals surface area contributed by atoms with Crippen molar-refractivity contribution in [2.75, 3.05) is 0 Å². The molecule has 0 aliphatic heterocycles. The van der Waals surface area contributed by atoms with E-state index in [1.807, 2.05) is 42.5 Å². The standard InChI is InChI=1S/C19H11ClO/c1-2-13-7-8-14-5-3-4-6-17(14)18(13)15-9-11-16(12-10-15)19(20)21/h1,3-12H. The predicted molar refractivity (Wildman–Crippen MR) is 87.5 cm³/mol. The molecule has 0 spiro atoms. The van der Waals surface area contributed by atoms with Gasteiger partial charge in [-0.25, -0.2) is 0 Å². The van der Waals surface area contributed by atoms with Gasteiger partial charge in [0, 0.05) is 16.7 Å². The highest BCUT2D eigenvalue weighted by Gasteiger charge is 2.09. The van der Waals surface area contributed by atoms with Gasteiger partial charge in [-0.15, -0.1) is 6.42 Å².